The molecule has 0 atom stereocenters. The van der Waals surface area contributed by atoms with Crippen LogP contribution in [0.25, 0.3) is 17.0 Å². The lowest BCUT2D eigenvalue weighted by atomic mass is 10.1. The summed E-state index contributed by atoms with van der Waals surface area (Å²) < 4.78 is 7.06. The summed E-state index contributed by atoms with van der Waals surface area (Å²) in [6.45, 7) is 1.92. The molecule has 0 aliphatic rings. The number of hydrogen-bond acceptors (Lipinski definition) is 2. The van der Waals surface area contributed by atoms with Crippen LogP contribution in [0.1, 0.15) is 5.69 Å². The number of aromatic nitrogens is 2. The summed E-state index contributed by atoms with van der Waals surface area (Å²) in [6, 6.07) is 13.5. The molecule has 3 aromatic rings. The predicted molar refractivity (Wildman–Crippen MR) is 71.0 cm³/mol. The van der Waals surface area contributed by atoms with Crippen LogP contribution >= 0.6 is 11.6 Å². The number of benzene rings is 1. The summed E-state index contributed by atoms with van der Waals surface area (Å²) >= 11 is 6.10. The van der Waals surface area contributed by atoms with Crippen LogP contribution in [0.15, 0.2) is 53.1 Å². The smallest absolute Gasteiger partial charge is 0.133 e. The van der Waals surface area contributed by atoms with Crippen LogP contribution in [0.2, 0.25) is 5.15 Å². The largest absolute Gasteiger partial charge is 0.464 e. The molecule has 18 heavy (non-hydrogen) atoms. The molecule has 0 aliphatic carbocycles. The van der Waals surface area contributed by atoms with Gasteiger partial charge in [-0.05, 0) is 49.4 Å². The molecule has 0 fully saturated rings. The number of aryl methyl sites for hydroxylation is 1. The fourth-order valence-electron chi connectivity index (χ4n) is 1.86. The second kappa shape index (κ2) is 4.35. The minimum Gasteiger partial charge on any atom is -0.464 e. The highest BCUT2D eigenvalue weighted by atomic mass is 35.5. The number of furan rings is 1. The summed E-state index contributed by atoms with van der Waals surface area (Å²) in [7, 11) is 0. The van der Waals surface area contributed by atoms with Crippen LogP contribution in [-0.2, 0) is 0 Å². The molecule has 2 aromatic heterocycles. The van der Waals surface area contributed by atoms with Gasteiger partial charge in [-0.1, -0.05) is 11.6 Å². The minimum atomic E-state index is 0.609. The Hall–Kier alpha value is -2.00. The third-order valence-corrected chi connectivity index (χ3v) is 2.97. The maximum atomic E-state index is 6.10. The van der Waals surface area contributed by atoms with E-state index < -0.39 is 0 Å². The van der Waals surface area contributed by atoms with Gasteiger partial charge in [0.15, 0.2) is 0 Å². The molecule has 4 heteroatoms. The standard InChI is InChI=1S/C14H11ClN2O/c1-10-9-14(15)17(16-10)12-6-4-11(5-7-12)13-3-2-8-18-13/h2-9H,1H3. The Kier molecular flexibility index (Phi) is 2.68. The Labute approximate surface area is 110 Å². The summed E-state index contributed by atoms with van der Waals surface area (Å²) in [4.78, 5) is 0. The fraction of sp³-hybridized carbons (Fsp3) is 0.0714. The van der Waals surface area contributed by atoms with Crippen LogP contribution in [0, 0.1) is 6.92 Å². The van der Waals surface area contributed by atoms with E-state index in [0.29, 0.717) is 5.15 Å². The highest BCUT2D eigenvalue weighted by Gasteiger charge is 2.06. The van der Waals surface area contributed by atoms with Crippen LogP contribution in [0.3, 0.4) is 0 Å². The van der Waals surface area contributed by atoms with Crippen molar-refractivity contribution in [2.75, 3.05) is 0 Å². The normalized spacial score (nSPS) is 10.8. The molecule has 2 heterocycles. The van der Waals surface area contributed by atoms with Crippen molar-refractivity contribution in [3.05, 3.63) is 59.6 Å². The van der Waals surface area contributed by atoms with Crippen molar-refractivity contribution in [3.63, 3.8) is 0 Å². The van der Waals surface area contributed by atoms with Gasteiger partial charge in [0.1, 0.15) is 10.9 Å². The molecule has 0 amide bonds. The number of nitrogens with zero attached hydrogens (tertiary/aromatic N) is 2. The van der Waals surface area contributed by atoms with E-state index >= 15 is 0 Å². The highest BCUT2D eigenvalue weighted by molar-refractivity contribution is 6.29. The molecule has 0 spiro atoms. The first-order chi connectivity index (χ1) is 8.74. The third-order valence-electron chi connectivity index (χ3n) is 2.71. The van der Waals surface area contributed by atoms with Gasteiger partial charge in [-0.3, -0.25) is 0 Å². The molecule has 0 bridgehead atoms. The Balaban J connectivity index is 1.99. The molecular weight excluding hydrogens is 248 g/mol. The lowest BCUT2D eigenvalue weighted by Crippen LogP contribution is -1.96. The van der Waals surface area contributed by atoms with E-state index in [1.165, 1.54) is 0 Å². The average molecular weight is 259 g/mol. The van der Waals surface area contributed by atoms with Gasteiger partial charge < -0.3 is 4.42 Å². The molecule has 3 rings (SSSR count). The van der Waals surface area contributed by atoms with Crippen LogP contribution in [0.5, 0.6) is 0 Å². The van der Waals surface area contributed by atoms with Crippen LogP contribution in [-0.4, -0.2) is 9.78 Å². The second-order valence-corrected chi connectivity index (χ2v) is 4.43. The van der Waals surface area contributed by atoms with E-state index in [-0.39, 0.29) is 0 Å². The van der Waals surface area contributed by atoms with Gasteiger partial charge in [-0.25, -0.2) is 4.68 Å². The third kappa shape index (κ3) is 1.93. The Bertz CT molecular complexity index is 654. The minimum absolute atomic E-state index is 0.609. The SMILES string of the molecule is Cc1cc(Cl)n(-c2ccc(-c3ccco3)cc2)n1. The van der Waals surface area contributed by atoms with Gasteiger partial charge in [-0.15, -0.1) is 0 Å². The molecule has 0 N–H and O–H groups in total. The van der Waals surface area contributed by atoms with Crippen molar-refractivity contribution in [3.8, 4) is 17.0 Å². The van der Waals surface area contributed by atoms with Crippen molar-refractivity contribution in [2.24, 2.45) is 0 Å². The molecule has 0 radical (unpaired) electrons. The first-order valence-corrected chi connectivity index (χ1v) is 5.98. The fourth-order valence-corrected chi connectivity index (χ4v) is 2.15. The molecule has 0 aliphatic heterocycles. The summed E-state index contributed by atoms with van der Waals surface area (Å²) in [5, 5.41) is 4.94. The molecule has 1 aromatic carbocycles. The van der Waals surface area contributed by atoms with E-state index in [4.69, 9.17) is 16.0 Å². The molecule has 3 nitrogen and oxygen atoms in total. The van der Waals surface area contributed by atoms with E-state index in [1.54, 1.807) is 10.9 Å². The lowest BCUT2D eigenvalue weighted by Gasteiger charge is -2.04. The topological polar surface area (TPSA) is 31.0 Å². The van der Waals surface area contributed by atoms with E-state index in [1.807, 2.05) is 49.4 Å². The molecular formula is C14H11ClN2O. The molecule has 0 unspecified atom stereocenters. The number of hydrogen-bond donors (Lipinski definition) is 0. The second-order valence-electron chi connectivity index (χ2n) is 4.04. The van der Waals surface area contributed by atoms with Gasteiger partial charge in [0.05, 0.1) is 17.6 Å². The lowest BCUT2D eigenvalue weighted by molar-refractivity contribution is 0.582. The maximum absolute atomic E-state index is 6.10. The summed E-state index contributed by atoms with van der Waals surface area (Å²) in [6.07, 6.45) is 1.66. The van der Waals surface area contributed by atoms with E-state index in [2.05, 4.69) is 5.10 Å². The van der Waals surface area contributed by atoms with Gasteiger partial charge in [0.2, 0.25) is 0 Å². The van der Waals surface area contributed by atoms with Crippen LogP contribution < -0.4 is 0 Å². The van der Waals surface area contributed by atoms with E-state index in [9.17, 15) is 0 Å². The first kappa shape index (κ1) is 11.1. The zero-order valence-corrected chi connectivity index (χ0v) is 10.6. The monoisotopic (exact) mass is 258 g/mol. The maximum Gasteiger partial charge on any atom is 0.133 e. The van der Waals surface area contributed by atoms with Gasteiger partial charge in [-0.2, -0.15) is 5.10 Å². The number of halogens is 1. The van der Waals surface area contributed by atoms with Crippen molar-refractivity contribution in [2.45, 2.75) is 6.92 Å². The highest BCUT2D eigenvalue weighted by Crippen LogP contribution is 2.23. The average Bonchev–Trinajstić information content (AvgIpc) is 2.99. The van der Waals surface area contributed by atoms with Crippen LogP contribution in [0.4, 0.5) is 0 Å². The van der Waals surface area contributed by atoms with Gasteiger partial charge >= 0.3 is 0 Å². The summed E-state index contributed by atoms with van der Waals surface area (Å²) in [5.41, 5.74) is 2.86. The quantitative estimate of drug-likeness (QED) is 0.693. The van der Waals surface area contributed by atoms with Crippen molar-refractivity contribution in [1.29, 1.82) is 0 Å². The van der Waals surface area contributed by atoms with Crippen molar-refractivity contribution in [1.82, 2.24) is 9.78 Å². The molecule has 90 valence electrons. The predicted octanol–water partition coefficient (Wildman–Crippen LogP) is 4.09. The van der Waals surface area contributed by atoms with Crippen molar-refractivity contribution < 1.29 is 4.42 Å². The zero-order valence-electron chi connectivity index (χ0n) is 9.80. The molecule has 0 saturated heterocycles. The Morgan fingerprint density at radius 1 is 1.17 bits per heavy atom. The van der Waals surface area contributed by atoms with Gasteiger partial charge in [0.25, 0.3) is 0 Å². The Morgan fingerprint density at radius 3 is 2.50 bits per heavy atom. The van der Waals surface area contributed by atoms with Gasteiger partial charge in [0, 0.05) is 5.56 Å². The first-order valence-electron chi connectivity index (χ1n) is 5.60. The zero-order chi connectivity index (χ0) is 12.5. The van der Waals surface area contributed by atoms with Crippen molar-refractivity contribution >= 4 is 11.6 Å². The van der Waals surface area contributed by atoms with E-state index in [0.717, 1.165) is 22.7 Å². The number of rotatable bonds is 2. The Morgan fingerprint density at radius 2 is 1.94 bits per heavy atom. The molecule has 0 saturated carbocycles. The summed E-state index contributed by atoms with van der Waals surface area (Å²) in [5.74, 6) is 0.851.